The van der Waals surface area contributed by atoms with Crippen molar-refractivity contribution in [3.8, 4) is 0 Å². The van der Waals surface area contributed by atoms with Gasteiger partial charge in [0.2, 0.25) is 0 Å². The molecular formula is C22H28N2O2. The molecule has 1 fully saturated rings. The molecule has 0 bridgehead atoms. The number of nitrogens with one attached hydrogen (secondary N) is 1. The Hall–Kier alpha value is -2.17. The van der Waals surface area contributed by atoms with E-state index in [4.69, 9.17) is 4.74 Å². The van der Waals surface area contributed by atoms with Gasteiger partial charge in [-0.15, -0.1) is 0 Å². The van der Waals surface area contributed by atoms with Gasteiger partial charge in [-0.2, -0.15) is 0 Å². The first-order valence-electron chi connectivity index (χ1n) is 9.46. The average molecular weight is 352 g/mol. The summed E-state index contributed by atoms with van der Waals surface area (Å²) in [6.45, 7) is 6.48. The number of benzene rings is 2. The molecule has 1 heterocycles. The molecule has 1 saturated heterocycles. The van der Waals surface area contributed by atoms with Crippen LogP contribution in [0.1, 0.15) is 40.4 Å². The van der Waals surface area contributed by atoms with Crippen LogP contribution in [0, 0.1) is 6.92 Å². The second kappa shape index (κ2) is 9.51. The maximum atomic E-state index is 12.1. The van der Waals surface area contributed by atoms with Gasteiger partial charge >= 0.3 is 0 Å². The summed E-state index contributed by atoms with van der Waals surface area (Å²) in [4.78, 5) is 14.6. The Morgan fingerprint density at radius 2 is 2.00 bits per heavy atom. The fraction of sp³-hybridized carbons (Fsp3) is 0.409. The van der Waals surface area contributed by atoms with Crippen LogP contribution in [0.3, 0.4) is 0 Å². The van der Waals surface area contributed by atoms with Crippen LogP contribution in [-0.4, -0.2) is 43.6 Å². The van der Waals surface area contributed by atoms with Gasteiger partial charge in [0.15, 0.2) is 0 Å². The Bertz CT molecular complexity index is 702. The van der Waals surface area contributed by atoms with Crippen LogP contribution in [0.2, 0.25) is 0 Å². The molecule has 1 N–H and O–H groups in total. The first-order chi connectivity index (χ1) is 12.7. The molecule has 0 aliphatic carbocycles. The van der Waals surface area contributed by atoms with Crippen LogP contribution >= 0.6 is 0 Å². The Morgan fingerprint density at radius 3 is 2.81 bits per heavy atom. The average Bonchev–Trinajstić information content (AvgIpc) is 2.68. The molecule has 3 rings (SSSR count). The van der Waals surface area contributed by atoms with E-state index in [1.54, 1.807) is 0 Å². The summed E-state index contributed by atoms with van der Waals surface area (Å²) in [5.74, 6) is 0.0178. The summed E-state index contributed by atoms with van der Waals surface area (Å²) < 4.78 is 5.91. The maximum absolute atomic E-state index is 12.1. The molecule has 0 saturated carbocycles. The summed E-state index contributed by atoms with van der Waals surface area (Å²) in [5.41, 5.74) is 3.10. The summed E-state index contributed by atoms with van der Waals surface area (Å²) in [6, 6.07) is 18.1. The first kappa shape index (κ1) is 18.6. The Balaban J connectivity index is 1.35. The second-order valence-electron chi connectivity index (χ2n) is 6.90. The van der Waals surface area contributed by atoms with E-state index < -0.39 is 0 Å². The molecule has 0 aromatic heterocycles. The monoisotopic (exact) mass is 352 g/mol. The van der Waals surface area contributed by atoms with E-state index in [0.29, 0.717) is 0 Å². The predicted octanol–water partition coefficient (Wildman–Crippen LogP) is 3.58. The van der Waals surface area contributed by atoms with E-state index >= 15 is 0 Å². The summed E-state index contributed by atoms with van der Waals surface area (Å²) in [7, 11) is 0. The molecule has 0 unspecified atom stereocenters. The molecule has 1 amide bonds. The van der Waals surface area contributed by atoms with Crippen LogP contribution in [0.25, 0.3) is 0 Å². The van der Waals surface area contributed by atoms with Crippen molar-refractivity contribution in [3.05, 3.63) is 71.3 Å². The standard InChI is InChI=1S/C22H28N2O2/c1-18-8-7-11-20(16-18)22(25)23-12-5-6-13-24-14-15-26-21(17-24)19-9-3-2-4-10-19/h2-4,7-11,16,21H,5-6,12-15,17H2,1H3,(H,23,25)/t21-/m0/s1. The number of amides is 1. The molecule has 26 heavy (non-hydrogen) atoms. The lowest BCUT2D eigenvalue weighted by atomic mass is 10.1. The van der Waals surface area contributed by atoms with Crippen molar-refractivity contribution in [2.75, 3.05) is 32.8 Å². The number of aryl methyl sites for hydroxylation is 1. The summed E-state index contributed by atoms with van der Waals surface area (Å²) in [5, 5.41) is 3.02. The molecule has 138 valence electrons. The zero-order chi connectivity index (χ0) is 18.2. The normalized spacial score (nSPS) is 17.8. The molecule has 1 aliphatic heterocycles. The van der Waals surface area contributed by atoms with E-state index in [1.165, 1.54) is 5.56 Å². The van der Waals surface area contributed by atoms with Gasteiger partial charge in [-0.3, -0.25) is 9.69 Å². The topological polar surface area (TPSA) is 41.6 Å². The zero-order valence-corrected chi connectivity index (χ0v) is 15.5. The Morgan fingerprint density at radius 1 is 1.15 bits per heavy atom. The second-order valence-corrected chi connectivity index (χ2v) is 6.90. The molecular weight excluding hydrogens is 324 g/mol. The lowest BCUT2D eigenvalue weighted by Gasteiger charge is -2.33. The van der Waals surface area contributed by atoms with Gasteiger partial charge in [0.1, 0.15) is 0 Å². The van der Waals surface area contributed by atoms with Crippen molar-refractivity contribution in [1.82, 2.24) is 10.2 Å². The first-order valence-corrected chi connectivity index (χ1v) is 9.46. The minimum Gasteiger partial charge on any atom is -0.371 e. The van der Waals surface area contributed by atoms with Crippen molar-refractivity contribution >= 4 is 5.91 Å². The molecule has 4 heteroatoms. The fourth-order valence-corrected chi connectivity index (χ4v) is 3.33. The highest BCUT2D eigenvalue weighted by Gasteiger charge is 2.21. The van der Waals surface area contributed by atoms with Gasteiger partial charge in [-0.05, 0) is 44.0 Å². The largest absolute Gasteiger partial charge is 0.371 e. The summed E-state index contributed by atoms with van der Waals surface area (Å²) in [6.07, 6.45) is 2.24. The van der Waals surface area contributed by atoms with Gasteiger partial charge in [-0.1, -0.05) is 48.0 Å². The van der Waals surface area contributed by atoms with E-state index in [2.05, 4.69) is 34.5 Å². The lowest BCUT2D eigenvalue weighted by molar-refractivity contribution is -0.0303. The number of hydrogen-bond acceptors (Lipinski definition) is 3. The smallest absolute Gasteiger partial charge is 0.251 e. The van der Waals surface area contributed by atoms with Crippen LogP contribution in [0.5, 0.6) is 0 Å². The van der Waals surface area contributed by atoms with Crippen LogP contribution in [0.4, 0.5) is 0 Å². The third-order valence-corrected chi connectivity index (χ3v) is 4.79. The van der Waals surface area contributed by atoms with E-state index in [9.17, 15) is 4.79 Å². The SMILES string of the molecule is Cc1cccc(C(=O)NCCCCN2CCO[C@H](c3ccccc3)C2)c1. The molecule has 2 aromatic rings. The molecule has 0 spiro atoms. The highest BCUT2D eigenvalue weighted by molar-refractivity contribution is 5.94. The minimum absolute atomic E-state index is 0.0178. The van der Waals surface area contributed by atoms with Gasteiger partial charge in [0, 0.05) is 25.2 Å². The van der Waals surface area contributed by atoms with Gasteiger partial charge in [-0.25, -0.2) is 0 Å². The van der Waals surface area contributed by atoms with Crippen LogP contribution in [-0.2, 0) is 4.74 Å². The quantitative estimate of drug-likeness (QED) is 0.775. The highest BCUT2D eigenvalue weighted by Crippen LogP contribution is 2.21. The number of rotatable bonds is 7. The number of morpholine rings is 1. The fourth-order valence-electron chi connectivity index (χ4n) is 3.33. The third-order valence-electron chi connectivity index (χ3n) is 4.79. The van der Waals surface area contributed by atoms with Crippen molar-refractivity contribution in [2.24, 2.45) is 0 Å². The van der Waals surface area contributed by atoms with Gasteiger partial charge in [0.05, 0.1) is 12.7 Å². The number of unbranched alkanes of at least 4 members (excludes halogenated alkanes) is 1. The van der Waals surface area contributed by atoms with Crippen LogP contribution in [0.15, 0.2) is 54.6 Å². The van der Waals surface area contributed by atoms with Crippen molar-refractivity contribution in [3.63, 3.8) is 0 Å². The number of nitrogens with zero attached hydrogens (tertiary/aromatic N) is 1. The maximum Gasteiger partial charge on any atom is 0.251 e. The van der Waals surface area contributed by atoms with Crippen molar-refractivity contribution in [1.29, 1.82) is 0 Å². The number of hydrogen-bond donors (Lipinski definition) is 1. The number of carbonyl (C=O) groups excluding carboxylic acids is 1. The number of carbonyl (C=O) groups is 1. The van der Waals surface area contributed by atoms with Crippen molar-refractivity contribution < 1.29 is 9.53 Å². The van der Waals surface area contributed by atoms with Crippen molar-refractivity contribution in [2.45, 2.75) is 25.9 Å². The minimum atomic E-state index is 0.0178. The number of ether oxygens (including phenoxy) is 1. The Kier molecular flexibility index (Phi) is 6.81. The van der Waals surface area contributed by atoms with Crippen LogP contribution < -0.4 is 5.32 Å². The van der Waals surface area contributed by atoms with E-state index in [0.717, 1.165) is 56.8 Å². The predicted molar refractivity (Wildman–Crippen MR) is 104 cm³/mol. The van der Waals surface area contributed by atoms with E-state index in [1.807, 2.05) is 37.3 Å². The third kappa shape index (κ3) is 5.41. The molecule has 2 aromatic carbocycles. The molecule has 4 nitrogen and oxygen atoms in total. The molecule has 1 atom stereocenters. The molecule has 0 radical (unpaired) electrons. The highest BCUT2D eigenvalue weighted by atomic mass is 16.5. The van der Waals surface area contributed by atoms with Gasteiger partial charge < -0.3 is 10.1 Å². The zero-order valence-electron chi connectivity index (χ0n) is 15.5. The van der Waals surface area contributed by atoms with Gasteiger partial charge in [0.25, 0.3) is 5.91 Å². The summed E-state index contributed by atoms with van der Waals surface area (Å²) >= 11 is 0. The Labute approximate surface area is 156 Å². The van der Waals surface area contributed by atoms with E-state index in [-0.39, 0.29) is 12.0 Å². The molecule has 1 aliphatic rings. The lowest BCUT2D eigenvalue weighted by Crippen LogP contribution is -2.39.